The predicted molar refractivity (Wildman–Crippen MR) is 73.6 cm³/mol. The van der Waals surface area contributed by atoms with Crippen molar-refractivity contribution in [1.82, 2.24) is 14.7 Å². The number of morpholine rings is 1. The molecule has 1 aliphatic rings. The van der Waals surface area contributed by atoms with Crippen molar-refractivity contribution in [2.45, 2.75) is 32.9 Å². The molecule has 1 saturated heterocycles. The van der Waals surface area contributed by atoms with E-state index < -0.39 is 0 Å². The molecule has 2 rings (SSSR count). The molecular weight excluding hydrogens is 266 g/mol. The summed E-state index contributed by atoms with van der Waals surface area (Å²) in [6, 6.07) is 0.0611. The molecule has 0 aliphatic carbocycles. The van der Waals surface area contributed by atoms with Gasteiger partial charge in [-0.3, -0.25) is 9.48 Å². The van der Waals surface area contributed by atoms with Crippen LogP contribution in [0, 0.1) is 13.8 Å². The van der Waals surface area contributed by atoms with Gasteiger partial charge in [-0.1, -0.05) is 0 Å². The number of hydrogen-bond donors (Lipinski definition) is 0. The second kappa shape index (κ2) is 5.51. The number of amides is 1. The summed E-state index contributed by atoms with van der Waals surface area (Å²) < 4.78 is 7.32. The Morgan fingerprint density at radius 3 is 2.74 bits per heavy atom. The van der Waals surface area contributed by atoms with E-state index in [1.54, 1.807) is 4.68 Å². The summed E-state index contributed by atoms with van der Waals surface area (Å²) in [7, 11) is 1.85. The zero-order valence-electron chi connectivity index (χ0n) is 11.8. The summed E-state index contributed by atoms with van der Waals surface area (Å²) in [6.07, 6.45) is -0.0842. The summed E-state index contributed by atoms with van der Waals surface area (Å²) in [5, 5.41) is 4.30. The molecule has 0 spiro atoms. The van der Waals surface area contributed by atoms with Gasteiger partial charge in [0, 0.05) is 19.3 Å². The molecule has 1 aromatic heterocycles. The molecule has 6 heteroatoms. The van der Waals surface area contributed by atoms with Crippen molar-refractivity contribution in [1.29, 1.82) is 0 Å². The zero-order valence-corrected chi connectivity index (χ0v) is 12.6. The first kappa shape index (κ1) is 14.3. The summed E-state index contributed by atoms with van der Waals surface area (Å²) in [6.45, 7) is 6.84. The van der Waals surface area contributed by atoms with Crippen molar-refractivity contribution in [3.8, 4) is 0 Å². The second-order valence-corrected chi connectivity index (χ2v) is 5.39. The molecule has 106 valence electrons. The smallest absolute Gasteiger partial charge is 0.258 e. The number of ether oxygens (including phenoxy) is 1. The molecule has 0 N–H and O–H groups in total. The zero-order chi connectivity index (χ0) is 14.2. The highest BCUT2D eigenvalue weighted by molar-refractivity contribution is 6.18. The van der Waals surface area contributed by atoms with Crippen LogP contribution in [0.3, 0.4) is 0 Å². The third kappa shape index (κ3) is 2.62. The summed E-state index contributed by atoms with van der Waals surface area (Å²) in [5.41, 5.74) is 2.36. The third-order valence-corrected chi connectivity index (χ3v) is 4.01. The number of carbonyl (C=O) groups is 1. The highest BCUT2D eigenvalue weighted by Gasteiger charge is 2.32. The highest BCUT2D eigenvalue weighted by atomic mass is 35.5. The largest absolute Gasteiger partial charge is 0.373 e. The van der Waals surface area contributed by atoms with Gasteiger partial charge in [-0.15, -0.1) is 11.6 Å². The van der Waals surface area contributed by atoms with Gasteiger partial charge in [0.15, 0.2) is 0 Å². The molecule has 2 atom stereocenters. The number of carbonyl (C=O) groups excluding carboxylic acids is 1. The number of rotatable bonds is 2. The minimum atomic E-state index is -0.0842. The monoisotopic (exact) mass is 285 g/mol. The Labute approximate surface area is 118 Å². The van der Waals surface area contributed by atoms with Crippen LogP contribution < -0.4 is 0 Å². The SMILES string of the molecule is Cc1nn(C)c(C)c1C(=O)N1CC(CCl)OCC1C. The predicted octanol–water partition coefficient (Wildman–Crippen LogP) is 1.51. The molecule has 19 heavy (non-hydrogen) atoms. The first-order valence-corrected chi connectivity index (χ1v) is 6.97. The van der Waals surface area contributed by atoms with Crippen LogP contribution in [0.25, 0.3) is 0 Å². The number of aromatic nitrogens is 2. The first-order chi connectivity index (χ1) is 8.95. The normalized spacial score (nSPS) is 23.7. The number of alkyl halides is 1. The summed E-state index contributed by atoms with van der Waals surface area (Å²) in [4.78, 5) is 14.5. The van der Waals surface area contributed by atoms with E-state index in [2.05, 4.69) is 5.10 Å². The van der Waals surface area contributed by atoms with Gasteiger partial charge >= 0.3 is 0 Å². The van der Waals surface area contributed by atoms with Gasteiger partial charge in [-0.2, -0.15) is 5.10 Å². The molecule has 0 bridgehead atoms. The molecule has 1 fully saturated rings. The molecule has 0 radical (unpaired) electrons. The van der Waals surface area contributed by atoms with Crippen LogP contribution in [-0.2, 0) is 11.8 Å². The maximum Gasteiger partial charge on any atom is 0.258 e. The van der Waals surface area contributed by atoms with Crippen LogP contribution in [0.5, 0.6) is 0 Å². The Balaban J connectivity index is 2.27. The molecule has 1 amide bonds. The molecule has 5 nitrogen and oxygen atoms in total. The van der Waals surface area contributed by atoms with Gasteiger partial charge in [0.2, 0.25) is 0 Å². The Morgan fingerprint density at radius 1 is 1.53 bits per heavy atom. The number of nitrogens with zero attached hydrogens (tertiary/aromatic N) is 3. The van der Waals surface area contributed by atoms with Crippen molar-refractivity contribution < 1.29 is 9.53 Å². The Hall–Kier alpha value is -1.07. The minimum absolute atomic E-state index is 0.0222. The van der Waals surface area contributed by atoms with Crippen LogP contribution >= 0.6 is 11.6 Å². The van der Waals surface area contributed by atoms with E-state index in [0.29, 0.717) is 24.6 Å². The molecular formula is C13H20ClN3O2. The van der Waals surface area contributed by atoms with E-state index in [0.717, 1.165) is 11.4 Å². The fraction of sp³-hybridized carbons (Fsp3) is 0.692. The van der Waals surface area contributed by atoms with Gasteiger partial charge in [-0.25, -0.2) is 0 Å². The average molecular weight is 286 g/mol. The molecule has 2 unspecified atom stereocenters. The lowest BCUT2D eigenvalue weighted by Gasteiger charge is -2.37. The highest BCUT2D eigenvalue weighted by Crippen LogP contribution is 2.20. The molecule has 1 aliphatic heterocycles. The lowest BCUT2D eigenvalue weighted by atomic mass is 10.1. The minimum Gasteiger partial charge on any atom is -0.373 e. The molecule has 0 saturated carbocycles. The van der Waals surface area contributed by atoms with Crippen molar-refractivity contribution in [3.05, 3.63) is 17.0 Å². The number of halogens is 1. The Kier molecular flexibility index (Phi) is 4.16. The lowest BCUT2D eigenvalue weighted by Crippen LogP contribution is -2.51. The lowest BCUT2D eigenvalue weighted by molar-refractivity contribution is -0.0372. The topological polar surface area (TPSA) is 47.4 Å². The van der Waals surface area contributed by atoms with Gasteiger partial charge in [-0.05, 0) is 20.8 Å². The van der Waals surface area contributed by atoms with E-state index in [9.17, 15) is 4.79 Å². The van der Waals surface area contributed by atoms with E-state index >= 15 is 0 Å². The van der Waals surface area contributed by atoms with E-state index in [1.165, 1.54) is 0 Å². The van der Waals surface area contributed by atoms with Crippen molar-refractivity contribution in [2.24, 2.45) is 7.05 Å². The van der Waals surface area contributed by atoms with E-state index in [-0.39, 0.29) is 18.1 Å². The molecule has 1 aromatic rings. The van der Waals surface area contributed by atoms with Crippen LogP contribution in [0.1, 0.15) is 28.7 Å². The van der Waals surface area contributed by atoms with Crippen LogP contribution in [-0.4, -0.2) is 51.8 Å². The van der Waals surface area contributed by atoms with Crippen molar-refractivity contribution >= 4 is 17.5 Å². The summed E-state index contributed by atoms with van der Waals surface area (Å²) in [5.74, 6) is 0.427. The quantitative estimate of drug-likeness (QED) is 0.774. The van der Waals surface area contributed by atoms with Crippen molar-refractivity contribution in [3.63, 3.8) is 0 Å². The third-order valence-electron chi connectivity index (χ3n) is 3.66. The van der Waals surface area contributed by atoms with Gasteiger partial charge in [0.05, 0.1) is 35.9 Å². The molecule has 0 aromatic carbocycles. The standard InChI is InChI=1S/C13H20ClN3O2/c1-8-7-19-11(5-14)6-17(8)13(18)12-9(2)15-16(4)10(12)3/h8,11H,5-7H2,1-4H3. The fourth-order valence-electron chi connectivity index (χ4n) is 2.42. The van der Waals surface area contributed by atoms with E-state index in [4.69, 9.17) is 16.3 Å². The summed E-state index contributed by atoms with van der Waals surface area (Å²) >= 11 is 5.83. The number of aryl methyl sites for hydroxylation is 2. The van der Waals surface area contributed by atoms with Crippen LogP contribution in [0.2, 0.25) is 0 Å². The fourth-order valence-corrected chi connectivity index (χ4v) is 2.61. The Morgan fingerprint density at radius 2 is 2.21 bits per heavy atom. The number of hydrogen-bond acceptors (Lipinski definition) is 3. The van der Waals surface area contributed by atoms with Crippen molar-refractivity contribution in [2.75, 3.05) is 19.0 Å². The molecule has 2 heterocycles. The Bertz CT molecular complexity index is 486. The van der Waals surface area contributed by atoms with E-state index in [1.807, 2.05) is 32.7 Å². The maximum absolute atomic E-state index is 12.7. The second-order valence-electron chi connectivity index (χ2n) is 5.09. The average Bonchev–Trinajstić information content (AvgIpc) is 2.63. The van der Waals surface area contributed by atoms with Crippen LogP contribution in [0.4, 0.5) is 0 Å². The van der Waals surface area contributed by atoms with Gasteiger partial charge in [0.1, 0.15) is 0 Å². The van der Waals surface area contributed by atoms with Gasteiger partial charge in [0.25, 0.3) is 5.91 Å². The first-order valence-electron chi connectivity index (χ1n) is 6.44. The van der Waals surface area contributed by atoms with Gasteiger partial charge < -0.3 is 9.64 Å². The van der Waals surface area contributed by atoms with Crippen LogP contribution in [0.15, 0.2) is 0 Å². The maximum atomic E-state index is 12.7.